The van der Waals surface area contributed by atoms with E-state index in [2.05, 4.69) is 24.1 Å². The molecule has 2 rings (SSSR count). The standard InChI is InChI=1S/C17H20N2O/c1-13(2)12-16(15-10-6-7-11-18-15)19-17(20)14-8-4-3-5-9-14/h3-11,13,16H,12H2,1-2H3,(H,19,20). The molecule has 1 heterocycles. The monoisotopic (exact) mass is 268 g/mol. The lowest BCUT2D eigenvalue weighted by molar-refractivity contribution is 0.0931. The van der Waals surface area contributed by atoms with Crippen molar-refractivity contribution in [3.8, 4) is 0 Å². The van der Waals surface area contributed by atoms with Gasteiger partial charge in [-0.2, -0.15) is 0 Å². The zero-order valence-electron chi connectivity index (χ0n) is 11.9. The van der Waals surface area contributed by atoms with Crippen LogP contribution in [-0.4, -0.2) is 10.9 Å². The molecule has 1 aromatic carbocycles. The Bertz CT molecular complexity index is 537. The van der Waals surface area contributed by atoms with Crippen molar-refractivity contribution in [2.24, 2.45) is 5.92 Å². The van der Waals surface area contributed by atoms with Crippen LogP contribution >= 0.6 is 0 Å². The number of nitrogens with zero attached hydrogens (tertiary/aromatic N) is 1. The van der Waals surface area contributed by atoms with E-state index in [-0.39, 0.29) is 11.9 Å². The van der Waals surface area contributed by atoms with E-state index in [0.717, 1.165) is 12.1 Å². The number of amides is 1. The lowest BCUT2D eigenvalue weighted by Crippen LogP contribution is -2.30. The van der Waals surface area contributed by atoms with E-state index in [1.54, 1.807) is 6.20 Å². The molecule has 2 aromatic rings. The van der Waals surface area contributed by atoms with Crippen molar-refractivity contribution in [3.05, 3.63) is 66.0 Å². The summed E-state index contributed by atoms with van der Waals surface area (Å²) in [6.45, 7) is 4.29. The Kier molecular flexibility index (Phi) is 4.88. The molecule has 3 nitrogen and oxygen atoms in total. The molecule has 0 saturated carbocycles. The van der Waals surface area contributed by atoms with Gasteiger partial charge in [0.1, 0.15) is 0 Å². The third kappa shape index (κ3) is 3.92. The first-order valence-corrected chi connectivity index (χ1v) is 6.93. The number of nitrogens with one attached hydrogen (secondary N) is 1. The quantitative estimate of drug-likeness (QED) is 0.900. The first-order valence-electron chi connectivity index (χ1n) is 6.93. The van der Waals surface area contributed by atoms with E-state index in [0.29, 0.717) is 11.5 Å². The molecule has 1 amide bonds. The number of hydrogen-bond donors (Lipinski definition) is 1. The molecule has 0 radical (unpaired) electrons. The summed E-state index contributed by atoms with van der Waals surface area (Å²) < 4.78 is 0. The molecule has 0 spiro atoms. The Morgan fingerprint density at radius 3 is 2.40 bits per heavy atom. The van der Waals surface area contributed by atoms with Gasteiger partial charge in [0.15, 0.2) is 0 Å². The predicted octanol–water partition coefficient (Wildman–Crippen LogP) is 3.60. The molecule has 0 aliphatic rings. The molecule has 0 aliphatic carbocycles. The van der Waals surface area contributed by atoms with Crippen molar-refractivity contribution >= 4 is 5.91 Å². The molecule has 0 bridgehead atoms. The van der Waals surface area contributed by atoms with E-state index < -0.39 is 0 Å². The highest BCUT2D eigenvalue weighted by atomic mass is 16.1. The molecule has 0 fully saturated rings. The summed E-state index contributed by atoms with van der Waals surface area (Å²) in [5, 5.41) is 3.08. The van der Waals surface area contributed by atoms with Crippen LogP contribution in [0, 0.1) is 5.92 Å². The second-order valence-corrected chi connectivity index (χ2v) is 5.28. The first kappa shape index (κ1) is 14.3. The fourth-order valence-electron chi connectivity index (χ4n) is 2.14. The van der Waals surface area contributed by atoms with Gasteiger partial charge in [-0.3, -0.25) is 9.78 Å². The van der Waals surface area contributed by atoms with Gasteiger partial charge in [0, 0.05) is 11.8 Å². The van der Waals surface area contributed by atoms with Gasteiger partial charge >= 0.3 is 0 Å². The number of rotatable bonds is 5. The molecule has 1 atom stereocenters. The van der Waals surface area contributed by atoms with Crippen LogP contribution < -0.4 is 5.32 Å². The Morgan fingerprint density at radius 2 is 1.80 bits per heavy atom. The molecule has 20 heavy (non-hydrogen) atoms. The van der Waals surface area contributed by atoms with Gasteiger partial charge in [-0.1, -0.05) is 38.1 Å². The Balaban J connectivity index is 2.14. The lowest BCUT2D eigenvalue weighted by Gasteiger charge is -2.20. The van der Waals surface area contributed by atoms with E-state index in [1.165, 1.54) is 0 Å². The van der Waals surface area contributed by atoms with Gasteiger partial charge in [-0.15, -0.1) is 0 Å². The molecule has 3 heteroatoms. The Hall–Kier alpha value is -2.16. The second-order valence-electron chi connectivity index (χ2n) is 5.28. The first-order chi connectivity index (χ1) is 9.66. The van der Waals surface area contributed by atoms with Crippen LogP contribution in [0.4, 0.5) is 0 Å². The molecule has 104 valence electrons. The van der Waals surface area contributed by atoms with Crippen molar-refractivity contribution in [2.75, 3.05) is 0 Å². The maximum absolute atomic E-state index is 12.3. The van der Waals surface area contributed by atoms with Gasteiger partial charge < -0.3 is 5.32 Å². The third-order valence-electron chi connectivity index (χ3n) is 3.09. The number of hydrogen-bond acceptors (Lipinski definition) is 2. The molecular formula is C17H20N2O. The minimum Gasteiger partial charge on any atom is -0.344 e. The number of carbonyl (C=O) groups is 1. The van der Waals surface area contributed by atoms with Crippen LogP contribution in [0.1, 0.15) is 42.4 Å². The maximum Gasteiger partial charge on any atom is 0.251 e. The molecule has 0 aliphatic heterocycles. The summed E-state index contributed by atoms with van der Waals surface area (Å²) in [5.41, 5.74) is 1.59. The highest BCUT2D eigenvalue weighted by Gasteiger charge is 2.17. The van der Waals surface area contributed by atoms with E-state index in [4.69, 9.17) is 0 Å². The predicted molar refractivity (Wildman–Crippen MR) is 80.3 cm³/mol. The summed E-state index contributed by atoms with van der Waals surface area (Å²) in [7, 11) is 0. The van der Waals surface area contributed by atoms with Crippen molar-refractivity contribution in [3.63, 3.8) is 0 Å². The highest BCUT2D eigenvalue weighted by molar-refractivity contribution is 5.94. The molecular weight excluding hydrogens is 248 g/mol. The molecule has 0 saturated heterocycles. The minimum absolute atomic E-state index is 0.0519. The van der Waals surface area contributed by atoms with Gasteiger partial charge in [0.05, 0.1) is 11.7 Å². The average molecular weight is 268 g/mol. The van der Waals surface area contributed by atoms with Crippen LogP contribution in [0.2, 0.25) is 0 Å². The average Bonchev–Trinajstić information content (AvgIpc) is 2.48. The topological polar surface area (TPSA) is 42.0 Å². The Labute approximate surface area is 120 Å². The number of pyridine rings is 1. The summed E-state index contributed by atoms with van der Waals surface area (Å²) >= 11 is 0. The summed E-state index contributed by atoms with van der Waals surface area (Å²) in [6, 6.07) is 15.0. The van der Waals surface area contributed by atoms with Gasteiger partial charge in [-0.05, 0) is 36.6 Å². The number of aromatic nitrogens is 1. The third-order valence-corrected chi connectivity index (χ3v) is 3.09. The molecule has 1 unspecified atom stereocenters. The van der Waals surface area contributed by atoms with Crippen molar-refractivity contribution in [2.45, 2.75) is 26.3 Å². The summed E-state index contributed by atoms with van der Waals surface area (Å²) in [6.07, 6.45) is 2.63. The van der Waals surface area contributed by atoms with Crippen molar-refractivity contribution < 1.29 is 4.79 Å². The lowest BCUT2D eigenvalue weighted by atomic mass is 10.00. The second kappa shape index (κ2) is 6.85. The highest BCUT2D eigenvalue weighted by Crippen LogP contribution is 2.19. The van der Waals surface area contributed by atoms with Crippen LogP contribution in [0.3, 0.4) is 0 Å². The smallest absolute Gasteiger partial charge is 0.251 e. The van der Waals surface area contributed by atoms with Gasteiger partial charge in [0.2, 0.25) is 0 Å². The van der Waals surface area contributed by atoms with Gasteiger partial charge in [0.25, 0.3) is 5.91 Å². The van der Waals surface area contributed by atoms with Crippen LogP contribution in [0.15, 0.2) is 54.7 Å². The number of benzene rings is 1. The fraction of sp³-hybridized carbons (Fsp3) is 0.294. The van der Waals surface area contributed by atoms with E-state index in [1.807, 2.05) is 48.5 Å². The minimum atomic E-state index is -0.0538. The Morgan fingerprint density at radius 1 is 1.10 bits per heavy atom. The zero-order valence-corrected chi connectivity index (χ0v) is 11.9. The van der Waals surface area contributed by atoms with E-state index in [9.17, 15) is 4.79 Å². The fourth-order valence-corrected chi connectivity index (χ4v) is 2.14. The van der Waals surface area contributed by atoms with Crippen LogP contribution in [0.25, 0.3) is 0 Å². The van der Waals surface area contributed by atoms with Crippen LogP contribution in [-0.2, 0) is 0 Å². The van der Waals surface area contributed by atoms with Crippen molar-refractivity contribution in [1.29, 1.82) is 0 Å². The van der Waals surface area contributed by atoms with Gasteiger partial charge in [-0.25, -0.2) is 0 Å². The molecule has 1 N–H and O–H groups in total. The van der Waals surface area contributed by atoms with Crippen LogP contribution in [0.5, 0.6) is 0 Å². The van der Waals surface area contributed by atoms with Crippen molar-refractivity contribution in [1.82, 2.24) is 10.3 Å². The molecule has 1 aromatic heterocycles. The number of carbonyl (C=O) groups excluding carboxylic acids is 1. The zero-order chi connectivity index (χ0) is 14.4. The normalized spacial score (nSPS) is 12.2. The summed E-state index contributed by atoms with van der Waals surface area (Å²) in [5.74, 6) is 0.431. The maximum atomic E-state index is 12.3. The summed E-state index contributed by atoms with van der Waals surface area (Å²) in [4.78, 5) is 16.6. The SMILES string of the molecule is CC(C)CC(NC(=O)c1ccccc1)c1ccccn1. The largest absolute Gasteiger partial charge is 0.344 e. The van der Waals surface area contributed by atoms with E-state index >= 15 is 0 Å².